The molecular formula is C23H31ClN4O3. The molecule has 8 heteroatoms. The molecule has 0 atom stereocenters. The van der Waals surface area contributed by atoms with Crippen molar-refractivity contribution in [1.29, 1.82) is 0 Å². The highest BCUT2D eigenvalue weighted by Gasteiger charge is 2.04. The van der Waals surface area contributed by atoms with E-state index in [0.29, 0.717) is 12.2 Å². The molecule has 168 valence electrons. The molecule has 7 nitrogen and oxygen atoms in total. The van der Waals surface area contributed by atoms with Crippen molar-refractivity contribution in [2.75, 3.05) is 18.4 Å². The van der Waals surface area contributed by atoms with Crippen molar-refractivity contribution in [1.82, 2.24) is 15.0 Å². The summed E-state index contributed by atoms with van der Waals surface area (Å²) in [6.45, 7) is 2.18. The van der Waals surface area contributed by atoms with Gasteiger partial charge in [0.25, 0.3) is 0 Å². The molecule has 0 saturated carbocycles. The Labute approximate surface area is 188 Å². The molecule has 4 N–H and O–H groups in total. The Morgan fingerprint density at radius 2 is 1.68 bits per heavy atom. The second kappa shape index (κ2) is 12.8. The third kappa shape index (κ3) is 7.45. The van der Waals surface area contributed by atoms with E-state index in [1.807, 2.05) is 30.5 Å². The molecule has 0 aliphatic rings. The molecule has 2 aromatic heterocycles. The van der Waals surface area contributed by atoms with Crippen molar-refractivity contribution in [3.8, 4) is 5.75 Å². The van der Waals surface area contributed by atoms with Crippen molar-refractivity contribution in [3.05, 3.63) is 64.7 Å². The van der Waals surface area contributed by atoms with Gasteiger partial charge < -0.3 is 20.9 Å². The normalized spacial score (nSPS) is 10.7. The van der Waals surface area contributed by atoms with Gasteiger partial charge in [-0.2, -0.15) is 4.73 Å². The zero-order valence-electron chi connectivity index (χ0n) is 17.6. The summed E-state index contributed by atoms with van der Waals surface area (Å²) < 4.78 is 0.784. The maximum absolute atomic E-state index is 11.4. The summed E-state index contributed by atoms with van der Waals surface area (Å²) in [5.41, 5.74) is 2.12. The lowest BCUT2D eigenvalue weighted by atomic mass is 10.1. The third-order valence-electron chi connectivity index (χ3n) is 5.14. The van der Waals surface area contributed by atoms with Crippen molar-refractivity contribution in [2.45, 2.75) is 45.1 Å². The summed E-state index contributed by atoms with van der Waals surface area (Å²) in [5, 5.41) is 26.8. The standard InChI is InChI=1S/C23H30N4O3.ClH/c28-22-15-18(27(30)17-23(22)29)16-24-12-7-3-1-2-4-8-13-25-21-11-14-26-20-10-6-5-9-19(20)21;/h5-6,9-11,14-15,17,24,29-30H,1-4,7-8,12-13,16H2,(H,25,26);1H. The number of hydrogen-bond acceptors (Lipinski definition) is 6. The lowest BCUT2D eigenvalue weighted by Gasteiger charge is -2.09. The third-order valence-corrected chi connectivity index (χ3v) is 5.14. The largest absolute Gasteiger partial charge is 0.503 e. The fourth-order valence-electron chi connectivity index (χ4n) is 3.46. The number of nitrogens with one attached hydrogen (secondary N) is 2. The molecule has 0 spiro atoms. The second-order valence-corrected chi connectivity index (χ2v) is 7.46. The number of fused-ring (bicyclic) bond motifs is 1. The van der Waals surface area contributed by atoms with E-state index in [9.17, 15) is 15.1 Å². The number of halogens is 1. The first-order valence-electron chi connectivity index (χ1n) is 10.6. The quantitative estimate of drug-likeness (QED) is 0.244. The van der Waals surface area contributed by atoms with Gasteiger partial charge in [-0.15, -0.1) is 12.4 Å². The van der Waals surface area contributed by atoms with Crippen LogP contribution >= 0.6 is 12.4 Å². The van der Waals surface area contributed by atoms with Crippen LogP contribution in [0.15, 0.2) is 53.6 Å². The number of aromatic nitrogens is 2. The topological polar surface area (TPSA) is 99.4 Å². The molecule has 0 radical (unpaired) electrons. The van der Waals surface area contributed by atoms with Crippen LogP contribution in [0.25, 0.3) is 10.9 Å². The zero-order valence-corrected chi connectivity index (χ0v) is 18.4. The van der Waals surface area contributed by atoms with Gasteiger partial charge in [-0.25, -0.2) is 0 Å². The number of pyridine rings is 2. The average Bonchev–Trinajstić information content (AvgIpc) is 2.75. The molecule has 3 aromatic rings. The Morgan fingerprint density at radius 3 is 2.48 bits per heavy atom. The van der Waals surface area contributed by atoms with Crippen LogP contribution in [-0.4, -0.2) is 33.1 Å². The van der Waals surface area contributed by atoms with Crippen LogP contribution in [0, 0.1) is 0 Å². The van der Waals surface area contributed by atoms with Crippen molar-refractivity contribution < 1.29 is 10.3 Å². The van der Waals surface area contributed by atoms with Gasteiger partial charge in [-0.3, -0.25) is 9.78 Å². The van der Waals surface area contributed by atoms with Crippen molar-refractivity contribution in [3.63, 3.8) is 0 Å². The van der Waals surface area contributed by atoms with Crippen LogP contribution in [0.1, 0.15) is 44.2 Å². The molecule has 31 heavy (non-hydrogen) atoms. The molecule has 0 fully saturated rings. The predicted molar refractivity (Wildman–Crippen MR) is 126 cm³/mol. The minimum absolute atomic E-state index is 0. The van der Waals surface area contributed by atoms with Crippen LogP contribution < -0.4 is 16.1 Å². The summed E-state index contributed by atoms with van der Waals surface area (Å²) in [7, 11) is 0. The highest BCUT2D eigenvalue weighted by Crippen LogP contribution is 2.20. The van der Waals surface area contributed by atoms with Crippen LogP contribution in [0.4, 0.5) is 5.69 Å². The number of rotatable bonds is 12. The number of para-hydroxylation sites is 1. The van der Waals surface area contributed by atoms with Crippen LogP contribution in [0.2, 0.25) is 0 Å². The van der Waals surface area contributed by atoms with Crippen LogP contribution in [0.5, 0.6) is 5.75 Å². The highest BCUT2D eigenvalue weighted by atomic mass is 35.5. The summed E-state index contributed by atoms with van der Waals surface area (Å²) in [6, 6.07) is 11.4. The SMILES string of the molecule is Cl.O=c1cc(CNCCCCCCCCNc2ccnc3ccccc23)n(O)cc1O. The highest BCUT2D eigenvalue weighted by molar-refractivity contribution is 5.90. The lowest BCUT2D eigenvalue weighted by Crippen LogP contribution is -2.20. The number of unbranched alkanes of at least 4 members (excludes halogenated alkanes) is 5. The molecule has 0 aliphatic carbocycles. The molecule has 2 heterocycles. The molecule has 0 bridgehead atoms. The lowest BCUT2D eigenvalue weighted by molar-refractivity contribution is 0.169. The molecule has 1 aromatic carbocycles. The van der Waals surface area contributed by atoms with E-state index in [0.717, 1.165) is 59.9 Å². The first-order valence-corrected chi connectivity index (χ1v) is 10.6. The van der Waals surface area contributed by atoms with Gasteiger partial charge in [0.15, 0.2) is 5.75 Å². The number of nitrogens with zero attached hydrogens (tertiary/aromatic N) is 2. The van der Waals surface area contributed by atoms with E-state index in [-0.39, 0.29) is 12.4 Å². The van der Waals surface area contributed by atoms with Gasteiger partial charge >= 0.3 is 0 Å². The minimum Gasteiger partial charge on any atom is -0.503 e. The minimum atomic E-state index is -0.483. The van der Waals surface area contributed by atoms with Crippen molar-refractivity contribution in [2.24, 2.45) is 0 Å². The Kier molecular flexibility index (Phi) is 10.1. The summed E-state index contributed by atoms with van der Waals surface area (Å²) in [4.78, 5) is 15.8. The number of benzene rings is 1. The Balaban J connectivity index is 0.00000341. The maximum atomic E-state index is 11.4. The van der Waals surface area contributed by atoms with Crippen LogP contribution in [0.3, 0.4) is 0 Å². The number of hydrogen-bond donors (Lipinski definition) is 4. The van der Waals surface area contributed by atoms with Crippen molar-refractivity contribution >= 4 is 29.0 Å². The predicted octanol–water partition coefficient (Wildman–Crippen LogP) is 4.30. The monoisotopic (exact) mass is 446 g/mol. The maximum Gasteiger partial charge on any atom is 0.223 e. The van der Waals surface area contributed by atoms with E-state index in [1.165, 1.54) is 25.3 Å². The van der Waals surface area contributed by atoms with E-state index >= 15 is 0 Å². The molecule has 0 aliphatic heterocycles. The van der Waals surface area contributed by atoms with Gasteiger partial charge in [-0.1, -0.05) is 43.9 Å². The summed E-state index contributed by atoms with van der Waals surface area (Å²) in [6.07, 6.45) is 9.82. The van der Waals surface area contributed by atoms with E-state index in [1.54, 1.807) is 0 Å². The Morgan fingerprint density at radius 1 is 0.968 bits per heavy atom. The molecule has 0 amide bonds. The average molecular weight is 447 g/mol. The fraction of sp³-hybridized carbons (Fsp3) is 0.391. The van der Waals surface area contributed by atoms with Gasteiger partial charge in [0, 0.05) is 36.4 Å². The van der Waals surface area contributed by atoms with E-state index in [4.69, 9.17) is 0 Å². The number of anilines is 1. The Bertz CT molecular complexity index is 1000. The van der Waals surface area contributed by atoms with E-state index in [2.05, 4.69) is 21.7 Å². The molecule has 0 saturated heterocycles. The Hall–Kier alpha value is -2.77. The first-order chi connectivity index (χ1) is 14.6. The first kappa shape index (κ1) is 24.5. The zero-order chi connectivity index (χ0) is 21.2. The van der Waals surface area contributed by atoms with Gasteiger partial charge in [0.1, 0.15) is 0 Å². The van der Waals surface area contributed by atoms with Gasteiger partial charge in [0.2, 0.25) is 5.43 Å². The fourth-order valence-corrected chi connectivity index (χ4v) is 3.46. The molecule has 0 unspecified atom stereocenters. The van der Waals surface area contributed by atoms with E-state index < -0.39 is 11.2 Å². The van der Waals surface area contributed by atoms with Crippen LogP contribution in [-0.2, 0) is 6.54 Å². The summed E-state index contributed by atoms with van der Waals surface area (Å²) in [5.74, 6) is -0.453. The molecular weight excluding hydrogens is 416 g/mol. The summed E-state index contributed by atoms with van der Waals surface area (Å²) >= 11 is 0. The number of aromatic hydroxyl groups is 1. The molecule has 3 rings (SSSR count). The second-order valence-electron chi connectivity index (χ2n) is 7.46. The van der Waals surface area contributed by atoms with Gasteiger partial charge in [-0.05, 0) is 31.5 Å². The smallest absolute Gasteiger partial charge is 0.223 e. The van der Waals surface area contributed by atoms with Gasteiger partial charge in [0.05, 0.1) is 17.4 Å².